The van der Waals surface area contributed by atoms with Crippen molar-refractivity contribution in [2.75, 3.05) is 0 Å². The van der Waals surface area contributed by atoms with E-state index in [0.717, 1.165) is 32.1 Å². The SMILES string of the molecule is C[C@]12CC[C@@H]3c4ccc(/C=C/CCCc5ccccc5)cc4CC[C@H]3[C@@H]1CC[C@@]2(O)C#C[Si](C)(C)C. The van der Waals surface area contributed by atoms with Crippen LogP contribution < -0.4 is 0 Å². The molecule has 2 aromatic carbocycles. The van der Waals surface area contributed by atoms with Crippen LogP contribution in [0.3, 0.4) is 0 Å². The Morgan fingerprint density at radius 1 is 1.03 bits per heavy atom. The molecule has 2 saturated carbocycles. The molecule has 2 fully saturated rings. The number of hydrogen-bond acceptors (Lipinski definition) is 1. The zero-order chi connectivity index (χ0) is 25.4. The van der Waals surface area contributed by atoms with Crippen LogP contribution in [0.15, 0.2) is 54.6 Å². The van der Waals surface area contributed by atoms with Crippen molar-refractivity contribution in [1.82, 2.24) is 0 Å². The molecule has 5 rings (SSSR count). The van der Waals surface area contributed by atoms with E-state index in [9.17, 15) is 5.11 Å². The highest BCUT2D eigenvalue weighted by atomic mass is 28.3. The van der Waals surface area contributed by atoms with Gasteiger partial charge < -0.3 is 5.11 Å². The van der Waals surface area contributed by atoms with Crippen LogP contribution in [0.4, 0.5) is 0 Å². The lowest BCUT2D eigenvalue weighted by atomic mass is 9.53. The second-order valence-electron chi connectivity index (χ2n) is 13.0. The Balaban J connectivity index is 1.25. The molecule has 3 aliphatic carbocycles. The summed E-state index contributed by atoms with van der Waals surface area (Å²) >= 11 is 0. The molecular formula is C34H44OSi. The molecule has 1 nitrogen and oxygen atoms in total. The van der Waals surface area contributed by atoms with E-state index in [-0.39, 0.29) is 5.41 Å². The van der Waals surface area contributed by atoms with Crippen molar-refractivity contribution in [2.24, 2.45) is 17.3 Å². The van der Waals surface area contributed by atoms with Crippen LogP contribution in [0.5, 0.6) is 0 Å². The Kier molecular flexibility index (Phi) is 7.10. The van der Waals surface area contributed by atoms with Crippen molar-refractivity contribution in [2.45, 2.75) is 95.9 Å². The fourth-order valence-electron chi connectivity index (χ4n) is 7.51. The van der Waals surface area contributed by atoms with Crippen LogP contribution in [0.25, 0.3) is 6.08 Å². The fourth-order valence-corrected chi connectivity index (χ4v) is 8.09. The van der Waals surface area contributed by atoms with Crippen LogP contribution in [0.2, 0.25) is 19.6 Å². The first-order valence-electron chi connectivity index (χ1n) is 14.3. The van der Waals surface area contributed by atoms with Gasteiger partial charge in [0.15, 0.2) is 0 Å². The molecule has 0 saturated heterocycles. The normalized spacial score (nSPS) is 31.3. The summed E-state index contributed by atoms with van der Waals surface area (Å²) < 4.78 is 0. The van der Waals surface area contributed by atoms with Crippen molar-refractivity contribution in [3.05, 3.63) is 76.9 Å². The van der Waals surface area contributed by atoms with Crippen LogP contribution in [0, 0.1) is 28.7 Å². The van der Waals surface area contributed by atoms with Crippen molar-refractivity contribution in [3.8, 4) is 11.5 Å². The standard InChI is InChI=1S/C34H44OSi/c1-33-21-19-30-29-17-15-27(14-10-6-9-13-26-11-7-5-8-12-26)25-28(29)16-18-31(30)32(33)20-22-34(33,35)23-24-36(2,3)4/h5,7-8,10-12,14-15,17,25,30-32,35H,6,9,13,16,18-22H2,1-4H3/b14-10+/t30-,31-,32+,33+,34-/m1/s1. The molecule has 190 valence electrons. The maximum atomic E-state index is 11.8. The first-order valence-corrected chi connectivity index (χ1v) is 17.8. The lowest BCUT2D eigenvalue weighted by molar-refractivity contribution is -0.0647. The Morgan fingerprint density at radius 3 is 2.61 bits per heavy atom. The van der Waals surface area contributed by atoms with Crippen molar-refractivity contribution < 1.29 is 5.11 Å². The molecule has 5 atom stereocenters. The van der Waals surface area contributed by atoms with Crippen LogP contribution in [-0.2, 0) is 12.8 Å². The zero-order valence-corrected chi connectivity index (χ0v) is 23.8. The highest BCUT2D eigenvalue weighted by Crippen LogP contribution is 2.64. The first kappa shape index (κ1) is 25.6. The van der Waals surface area contributed by atoms with Crippen LogP contribution in [0.1, 0.15) is 80.0 Å². The summed E-state index contributed by atoms with van der Waals surface area (Å²) in [6.07, 6.45) is 14.9. The average Bonchev–Trinajstić information content (AvgIpc) is 3.13. The van der Waals surface area contributed by atoms with Gasteiger partial charge in [-0.15, -0.1) is 5.54 Å². The zero-order valence-electron chi connectivity index (χ0n) is 22.8. The minimum absolute atomic E-state index is 0.0548. The van der Waals surface area contributed by atoms with E-state index in [0.29, 0.717) is 17.8 Å². The molecule has 2 heteroatoms. The Morgan fingerprint density at radius 2 is 1.83 bits per heavy atom. The van der Waals surface area contributed by atoms with Gasteiger partial charge in [-0.1, -0.05) is 93.2 Å². The van der Waals surface area contributed by atoms with Gasteiger partial charge in [0.2, 0.25) is 0 Å². The third-order valence-corrected chi connectivity index (χ3v) is 10.4. The van der Waals surface area contributed by atoms with Crippen molar-refractivity contribution in [1.29, 1.82) is 0 Å². The van der Waals surface area contributed by atoms with E-state index in [2.05, 4.69) is 98.7 Å². The molecule has 0 bridgehead atoms. The largest absolute Gasteiger partial charge is 0.377 e. The van der Waals surface area contributed by atoms with Gasteiger partial charge in [0, 0.05) is 5.41 Å². The van der Waals surface area contributed by atoms with E-state index >= 15 is 0 Å². The highest BCUT2D eigenvalue weighted by molar-refractivity contribution is 6.83. The molecule has 0 radical (unpaired) electrons. The quantitative estimate of drug-likeness (QED) is 0.251. The predicted octanol–water partition coefficient (Wildman–Crippen LogP) is 8.19. The average molecular weight is 497 g/mol. The van der Waals surface area contributed by atoms with Crippen molar-refractivity contribution in [3.63, 3.8) is 0 Å². The topological polar surface area (TPSA) is 20.2 Å². The molecule has 0 aromatic heterocycles. The minimum atomic E-state index is -1.51. The number of hydrogen-bond donors (Lipinski definition) is 1. The summed E-state index contributed by atoms with van der Waals surface area (Å²) in [5.41, 5.74) is 8.62. The number of benzene rings is 2. The van der Waals surface area contributed by atoms with Gasteiger partial charge in [-0.3, -0.25) is 0 Å². The van der Waals surface area contributed by atoms with Gasteiger partial charge in [-0.25, -0.2) is 0 Å². The third kappa shape index (κ3) is 5.03. The summed E-state index contributed by atoms with van der Waals surface area (Å²) in [4.78, 5) is 0. The van der Waals surface area contributed by atoms with Crippen LogP contribution in [-0.4, -0.2) is 18.8 Å². The molecule has 0 aliphatic heterocycles. The van der Waals surface area contributed by atoms with E-state index in [1.165, 1.54) is 36.8 Å². The number of fused-ring (bicyclic) bond motifs is 5. The summed E-state index contributed by atoms with van der Waals surface area (Å²) in [6, 6.07) is 18.0. The lowest BCUT2D eigenvalue weighted by Crippen LogP contribution is -2.50. The molecule has 0 heterocycles. The Labute approximate surface area is 220 Å². The van der Waals surface area contributed by atoms with E-state index in [4.69, 9.17) is 0 Å². The smallest absolute Gasteiger partial charge is 0.130 e. The lowest BCUT2D eigenvalue weighted by Gasteiger charge is -2.52. The third-order valence-electron chi connectivity index (χ3n) is 9.54. The molecule has 0 unspecified atom stereocenters. The maximum absolute atomic E-state index is 11.8. The number of aryl methyl sites for hydroxylation is 2. The fraction of sp³-hybridized carbons (Fsp3) is 0.529. The summed E-state index contributed by atoms with van der Waals surface area (Å²) in [5, 5.41) is 11.8. The Hall–Kier alpha value is -2.08. The second-order valence-corrected chi connectivity index (χ2v) is 17.8. The van der Waals surface area contributed by atoms with E-state index in [1.807, 2.05) is 0 Å². The van der Waals surface area contributed by atoms with Gasteiger partial charge >= 0.3 is 0 Å². The number of unbranched alkanes of at least 4 members (excludes halogenated alkanes) is 1. The molecule has 0 amide bonds. The molecule has 2 aromatic rings. The molecule has 1 N–H and O–H groups in total. The van der Waals surface area contributed by atoms with Gasteiger partial charge in [0.25, 0.3) is 0 Å². The molecule has 0 spiro atoms. The summed E-state index contributed by atoms with van der Waals surface area (Å²) in [6.45, 7) is 9.20. The predicted molar refractivity (Wildman–Crippen MR) is 156 cm³/mol. The Bertz CT molecular complexity index is 1160. The molecule has 36 heavy (non-hydrogen) atoms. The number of aliphatic hydroxyl groups is 1. The molecule has 3 aliphatic rings. The number of allylic oxidation sites excluding steroid dienone is 1. The second kappa shape index (κ2) is 10.00. The summed E-state index contributed by atoms with van der Waals surface area (Å²) in [7, 11) is -1.51. The van der Waals surface area contributed by atoms with Gasteiger partial charge in [0.05, 0.1) is 0 Å². The van der Waals surface area contributed by atoms with E-state index in [1.54, 1.807) is 11.1 Å². The van der Waals surface area contributed by atoms with Crippen molar-refractivity contribution >= 4 is 14.1 Å². The first-order chi connectivity index (χ1) is 17.2. The minimum Gasteiger partial charge on any atom is -0.377 e. The van der Waals surface area contributed by atoms with Gasteiger partial charge in [-0.2, -0.15) is 0 Å². The maximum Gasteiger partial charge on any atom is 0.130 e. The molecular weight excluding hydrogens is 452 g/mol. The van der Waals surface area contributed by atoms with Crippen LogP contribution >= 0.6 is 0 Å². The van der Waals surface area contributed by atoms with Gasteiger partial charge in [-0.05, 0) is 97.8 Å². The number of rotatable bonds is 5. The summed E-state index contributed by atoms with van der Waals surface area (Å²) in [5.74, 6) is 5.40. The van der Waals surface area contributed by atoms with E-state index < -0.39 is 13.7 Å². The highest BCUT2D eigenvalue weighted by Gasteiger charge is 2.61. The van der Waals surface area contributed by atoms with Gasteiger partial charge in [0.1, 0.15) is 13.7 Å². The monoisotopic (exact) mass is 496 g/mol.